The number of hydrogen-bond donors (Lipinski definition) is 1. The predicted molar refractivity (Wildman–Crippen MR) is 109 cm³/mol. The Morgan fingerprint density at radius 3 is 2.70 bits per heavy atom. The first-order valence-electron chi connectivity index (χ1n) is 8.87. The Balaban J connectivity index is 2.02. The highest BCUT2D eigenvalue weighted by molar-refractivity contribution is 8.14. The number of thioether (sulfide) groups is 1. The van der Waals surface area contributed by atoms with Crippen LogP contribution in [-0.4, -0.2) is 16.7 Å². The Bertz CT molecular complexity index is 895. The predicted octanol–water partition coefficient (Wildman–Crippen LogP) is 4.97. The highest BCUT2D eigenvalue weighted by Gasteiger charge is 2.40. The molecule has 27 heavy (non-hydrogen) atoms. The van der Waals surface area contributed by atoms with E-state index in [1.807, 2.05) is 43.3 Å². The fourth-order valence-electron chi connectivity index (χ4n) is 3.09. The van der Waals surface area contributed by atoms with Crippen molar-refractivity contribution in [3.63, 3.8) is 0 Å². The average Bonchev–Trinajstić information content (AvgIpc) is 3.20. The van der Waals surface area contributed by atoms with Gasteiger partial charge in [-0.1, -0.05) is 25.1 Å². The highest BCUT2D eigenvalue weighted by atomic mass is 32.2. The molecular formula is C21H21N3O2S. The van der Waals surface area contributed by atoms with Crippen molar-refractivity contribution >= 4 is 28.4 Å². The van der Waals surface area contributed by atoms with Crippen molar-refractivity contribution in [1.82, 2.24) is 0 Å². The monoisotopic (exact) mass is 379 g/mol. The number of nitrogens with one attached hydrogen (secondary N) is 1. The molecule has 2 atom stereocenters. The highest BCUT2D eigenvalue weighted by Crippen LogP contribution is 2.41. The zero-order valence-electron chi connectivity index (χ0n) is 15.3. The molecule has 1 aliphatic rings. The number of aliphatic imine (C=N–C) groups is 1. The summed E-state index contributed by atoms with van der Waals surface area (Å²) in [4.78, 5) is 17.7. The molecule has 0 saturated heterocycles. The van der Waals surface area contributed by atoms with Gasteiger partial charge in [-0.25, -0.2) is 4.99 Å². The molecule has 0 radical (unpaired) electrons. The molecular weight excluding hydrogens is 358 g/mol. The normalized spacial score (nSPS) is 19.4. The first kappa shape index (κ1) is 19.0. The molecule has 1 aromatic carbocycles. The number of amides is 1. The van der Waals surface area contributed by atoms with E-state index >= 15 is 0 Å². The number of benzene rings is 1. The molecule has 0 aliphatic carbocycles. The van der Waals surface area contributed by atoms with Gasteiger partial charge in [0.25, 0.3) is 5.91 Å². The number of carbonyl (C=O) groups excluding carboxylic acids is 1. The molecule has 2 heterocycles. The van der Waals surface area contributed by atoms with E-state index < -0.39 is 11.8 Å². The Morgan fingerprint density at radius 1 is 1.30 bits per heavy atom. The van der Waals surface area contributed by atoms with Crippen molar-refractivity contribution < 1.29 is 9.21 Å². The maximum absolute atomic E-state index is 13.1. The van der Waals surface area contributed by atoms with Gasteiger partial charge in [-0.05, 0) is 43.4 Å². The first-order chi connectivity index (χ1) is 13.2. The summed E-state index contributed by atoms with van der Waals surface area (Å²) in [5, 5.41) is 13.5. The van der Waals surface area contributed by atoms with Gasteiger partial charge in [0, 0.05) is 11.4 Å². The molecule has 138 valence electrons. The molecule has 1 unspecified atom stereocenters. The largest absolute Gasteiger partial charge is 0.469 e. The van der Waals surface area contributed by atoms with E-state index in [1.54, 1.807) is 24.1 Å². The summed E-state index contributed by atoms with van der Waals surface area (Å²) >= 11 is 1.57. The maximum Gasteiger partial charge on any atom is 0.254 e. The van der Waals surface area contributed by atoms with Gasteiger partial charge < -0.3 is 9.73 Å². The van der Waals surface area contributed by atoms with E-state index in [9.17, 15) is 10.1 Å². The topological polar surface area (TPSA) is 78.4 Å². The zero-order valence-corrected chi connectivity index (χ0v) is 16.1. The van der Waals surface area contributed by atoms with Crippen molar-refractivity contribution in [2.24, 2.45) is 10.9 Å². The SMILES string of the molecule is CCCSC1=NC(C)=C(C(=O)Nc2ccccc2)[C@@H](c2ccco2)C1C#N. The van der Waals surface area contributed by atoms with Crippen LogP contribution in [0.5, 0.6) is 0 Å². The molecule has 1 aromatic heterocycles. The molecule has 1 N–H and O–H groups in total. The summed E-state index contributed by atoms with van der Waals surface area (Å²) in [5.74, 6) is 0.187. The van der Waals surface area contributed by atoms with Crippen LogP contribution in [0.25, 0.3) is 0 Å². The number of para-hydroxylation sites is 1. The minimum absolute atomic E-state index is 0.261. The second-order valence-electron chi connectivity index (χ2n) is 6.22. The van der Waals surface area contributed by atoms with Crippen molar-refractivity contribution in [2.75, 3.05) is 11.1 Å². The number of carbonyl (C=O) groups is 1. The summed E-state index contributed by atoms with van der Waals surface area (Å²) in [6.07, 6.45) is 2.55. The third kappa shape index (κ3) is 4.15. The van der Waals surface area contributed by atoms with Crippen LogP contribution in [0.1, 0.15) is 31.9 Å². The summed E-state index contributed by atoms with van der Waals surface area (Å²) in [7, 11) is 0. The third-order valence-corrected chi connectivity index (χ3v) is 5.55. The maximum atomic E-state index is 13.1. The number of furan rings is 1. The van der Waals surface area contributed by atoms with Crippen LogP contribution >= 0.6 is 11.8 Å². The van der Waals surface area contributed by atoms with Gasteiger partial charge in [0.1, 0.15) is 11.7 Å². The van der Waals surface area contributed by atoms with Gasteiger partial charge in [0.15, 0.2) is 0 Å². The van der Waals surface area contributed by atoms with Crippen molar-refractivity contribution in [1.29, 1.82) is 5.26 Å². The van der Waals surface area contributed by atoms with Gasteiger partial charge in [-0.2, -0.15) is 5.26 Å². The molecule has 6 heteroatoms. The van der Waals surface area contributed by atoms with Gasteiger partial charge in [0.05, 0.1) is 28.9 Å². The average molecular weight is 379 g/mol. The van der Waals surface area contributed by atoms with E-state index in [0.717, 1.165) is 17.2 Å². The molecule has 2 aromatic rings. The molecule has 0 spiro atoms. The molecule has 5 nitrogen and oxygen atoms in total. The minimum atomic E-state index is -0.548. The zero-order chi connectivity index (χ0) is 19.2. The molecule has 0 saturated carbocycles. The first-order valence-corrected chi connectivity index (χ1v) is 9.85. The van der Waals surface area contributed by atoms with Crippen LogP contribution in [0.3, 0.4) is 0 Å². The van der Waals surface area contributed by atoms with Crippen LogP contribution in [0, 0.1) is 17.2 Å². The fourth-order valence-corrected chi connectivity index (χ4v) is 4.07. The van der Waals surface area contributed by atoms with Crippen molar-refractivity contribution in [3.8, 4) is 6.07 Å². The third-order valence-electron chi connectivity index (χ3n) is 4.30. The van der Waals surface area contributed by atoms with Crippen LogP contribution < -0.4 is 5.32 Å². The van der Waals surface area contributed by atoms with E-state index in [2.05, 4.69) is 23.3 Å². The lowest BCUT2D eigenvalue weighted by atomic mass is 9.81. The Morgan fingerprint density at radius 2 is 2.07 bits per heavy atom. The second-order valence-corrected chi connectivity index (χ2v) is 7.33. The van der Waals surface area contributed by atoms with Crippen LogP contribution in [-0.2, 0) is 4.79 Å². The Kier molecular flexibility index (Phi) is 6.15. The summed E-state index contributed by atoms with van der Waals surface area (Å²) < 4.78 is 5.61. The molecule has 1 aliphatic heterocycles. The standard InChI is InChI=1S/C21H21N3O2S/c1-3-12-27-21-16(13-22)19(17-10-7-11-26-17)18(14(2)23-21)20(25)24-15-8-5-4-6-9-15/h4-11,16,19H,3,12H2,1-2H3,(H,24,25)/t16?,19-/m1/s1. The van der Waals surface area contributed by atoms with Crippen molar-refractivity contribution in [3.05, 3.63) is 65.8 Å². The number of anilines is 1. The molecule has 0 bridgehead atoms. The van der Waals surface area contributed by atoms with Gasteiger partial charge in [0.2, 0.25) is 0 Å². The summed E-state index contributed by atoms with van der Waals surface area (Å²) in [5.41, 5.74) is 1.79. The number of nitrogens with zero attached hydrogens (tertiary/aromatic N) is 2. The lowest BCUT2D eigenvalue weighted by Crippen LogP contribution is -2.31. The quantitative estimate of drug-likeness (QED) is 0.795. The Labute approximate surface area is 163 Å². The summed E-state index contributed by atoms with van der Waals surface area (Å²) in [6.45, 7) is 3.90. The van der Waals surface area contributed by atoms with Gasteiger partial charge >= 0.3 is 0 Å². The molecule has 1 amide bonds. The van der Waals surface area contributed by atoms with Crippen LogP contribution in [0.2, 0.25) is 0 Å². The van der Waals surface area contributed by atoms with E-state index in [4.69, 9.17) is 4.42 Å². The van der Waals surface area contributed by atoms with Crippen LogP contribution in [0.4, 0.5) is 5.69 Å². The van der Waals surface area contributed by atoms with E-state index in [0.29, 0.717) is 22.7 Å². The summed E-state index contributed by atoms with van der Waals surface area (Å²) in [6, 6.07) is 15.2. The smallest absolute Gasteiger partial charge is 0.254 e. The van der Waals surface area contributed by atoms with Gasteiger partial charge in [-0.15, -0.1) is 11.8 Å². The minimum Gasteiger partial charge on any atom is -0.469 e. The molecule has 0 fully saturated rings. The van der Waals surface area contributed by atoms with E-state index in [1.165, 1.54) is 0 Å². The van der Waals surface area contributed by atoms with Crippen LogP contribution in [0.15, 0.2) is 69.4 Å². The number of hydrogen-bond acceptors (Lipinski definition) is 5. The molecule has 3 rings (SSSR count). The van der Waals surface area contributed by atoms with E-state index in [-0.39, 0.29) is 5.91 Å². The lowest BCUT2D eigenvalue weighted by molar-refractivity contribution is -0.113. The number of nitriles is 1. The van der Waals surface area contributed by atoms with Crippen molar-refractivity contribution in [2.45, 2.75) is 26.2 Å². The number of rotatable bonds is 5. The second kappa shape index (κ2) is 8.74. The van der Waals surface area contributed by atoms with Gasteiger partial charge in [-0.3, -0.25) is 4.79 Å². The number of allylic oxidation sites excluding steroid dienone is 1. The fraction of sp³-hybridized carbons (Fsp3) is 0.286. The Hall–Kier alpha value is -2.78. The lowest BCUT2D eigenvalue weighted by Gasteiger charge is -2.28.